The lowest BCUT2D eigenvalue weighted by molar-refractivity contribution is 0.603. The average Bonchev–Trinajstić information content (AvgIpc) is 4.03. The number of rotatable bonds is 7. The fraction of sp³-hybridized carbons (Fsp3) is 0. The van der Waals surface area contributed by atoms with Gasteiger partial charge in [0.2, 0.25) is 0 Å². The zero-order valence-electron chi connectivity index (χ0n) is 32.4. The summed E-state index contributed by atoms with van der Waals surface area (Å²) in [6.07, 6.45) is 3.89. The molecule has 60 heavy (non-hydrogen) atoms. The second-order valence-electron chi connectivity index (χ2n) is 15.3. The van der Waals surface area contributed by atoms with Gasteiger partial charge in [-0.15, -0.1) is 0 Å². The van der Waals surface area contributed by atoms with Crippen LogP contribution in [0.4, 0.5) is 17.1 Å². The Morgan fingerprint density at radius 3 is 1.92 bits per heavy atom. The molecule has 0 saturated carbocycles. The molecule has 4 nitrogen and oxygen atoms in total. The molecule has 9 aromatic carbocycles. The smallest absolute Gasteiger partial charge is 0.143 e. The van der Waals surface area contributed by atoms with Crippen LogP contribution in [0.1, 0.15) is 11.3 Å². The van der Waals surface area contributed by atoms with Crippen molar-refractivity contribution in [1.29, 1.82) is 0 Å². The molecule has 12 rings (SSSR count). The summed E-state index contributed by atoms with van der Waals surface area (Å²) >= 11 is 0. The maximum Gasteiger partial charge on any atom is 0.143 e. The molecule has 0 aliphatic heterocycles. The van der Waals surface area contributed by atoms with E-state index in [4.69, 9.17) is 13.3 Å². The predicted octanol–water partition coefficient (Wildman–Crippen LogP) is 16.3. The van der Waals surface area contributed by atoms with Gasteiger partial charge < -0.3 is 18.2 Å². The summed E-state index contributed by atoms with van der Waals surface area (Å²) in [6.45, 7) is 4.16. The molecule has 0 fully saturated rings. The summed E-state index contributed by atoms with van der Waals surface area (Å²) in [5.41, 5.74) is 11.5. The van der Waals surface area contributed by atoms with Gasteiger partial charge in [-0.25, -0.2) is 0 Å². The third-order valence-corrected chi connectivity index (χ3v) is 11.8. The van der Waals surface area contributed by atoms with Gasteiger partial charge in [-0.2, -0.15) is 0 Å². The molecule has 3 heterocycles. The van der Waals surface area contributed by atoms with Crippen molar-refractivity contribution in [2.75, 3.05) is 4.90 Å². The SMILES string of the molecule is C=C/C=C(\c1cc2ccc3ccccc3c2o1)c1ccccc1N(c1ccc(-c2ccc3oc4ccccc4c3c2)cc1)c1cccc2oc3c4ccccc4ccc3c12. The molecular weight excluding hydrogens is 735 g/mol. The van der Waals surface area contributed by atoms with Crippen LogP contribution < -0.4 is 4.90 Å². The highest BCUT2D eigenvalue weighted by Crippen LogP contribution is 2.47. The van der Waals surface area contributed by atoms with Crippen LogP contribution in [0.5, 0.6) is 0 Å². The van der Waals surface area contributed by atoms with E-state index in [9.17, 15) is 0 Å². The van der Waals surface area contributed by atoms with Gasteiger partial charge in [-0.05, 0) is 82.6 Å². The van der Waals surface area contributed by atoms with Crippen LogP contribution in [0.2, 0.25) is 0 Å². The first-order chi connectivity index (χ1) is 29.7. The van der Waals surface area contributed by atoms with Crippen molar-refractivity contribution in [3.05, 3.63) is 218 Å². The monoisotopic (exact) mass is 769 g/mol. The molecule has 282 valence electrons. The predicted molar refractivity (Wildman–Crippen MR) is 250 cm³/mol. The first kappa shape index (κ1) is 34.0. The van der Waals surface area contributed by atoms with Crippen LogP contribution in [0.3, 0.4) is 0 Å². The fourth-order valence-corrected chi connectivity index (χ4v) is 9.06. The summed E-state index contributed by atoms with van der Waals surface area (Å²) in [5, 5.41) is 9.82. The molecule has 0 N–H and O–H groups in total. The van der Waals surface area contributed by atoms with Crippen molar-refractivity contribution >= 4 is 99.0 Å². The standard InChI is InChI=1S/C56H35NO3/c1-2-12-44(53-34-39-24-23-36-13-3-5-15-41(36)55(39)60-53)43-17-7-9-19-48(43)57(49-20-11-22-52-54(49)46-31-27-37-14-4-6-16-42(37)56(46)59-52)40-29-25-35(26-30-40)38-28-32-51-47(33-38)45-18-8-10-21-50(45)58-51/h2-34H,1H2/b44-12-. The third kappa shape index (κ3) is 5.32. The van der Waals surface area contributed by atoms with E-state index in [2.05, 4.69) is 193 Å². The van der Waals surface area contributed by atoms with E-state index in [-0.39, 0.29) is 0 Å². The van der Waals surface area contributed by atoms with E-state index in [0.717, 1.165) is 121 Å². The van der Waals surface area contributed by atoms with Crippen molar-refractivity contribution in [2.45, 2.75) is 0 Å². The van der Waals surface area contributed by atoms with Gasteiger partial charge in [-0.3, -0.25) is 0 Å². The second kappa shape index (κ2) is 13.5. The van der Waals surface area contributed by atoms with Crippen LogP contribution in [-0.4, -0.2) is 0 Å². The van der Waals surface area contributed by atoms with E-state index in [1.807, 2.05) is 18.2 Å². The molecule has 0 radical (unpaired) electrons. The van der Waals surface area contributed by atoms with Gasteiger partial charge in [-0.1, -0.05) is 146 Å². The number of fused-ring (bicyclic) bond motifs is 11. The maximum absolute atomic E-state index is 6.81. The lowest BCUT2D eigenvalue weighted by Gasteiger charge is -2.29. The van der Waals surface area contributed by atoms with Crippen molar-refractivity contribution in [1.82, 2.24) is 0 Å². The Morgan fingerprint density at radius 1 is 0.433 bits per heavy atom. The molecule has 0 saturated heterocycles. The topological polar surface area (TPSA) is 42.7 Å². The Hall–Kier alpha value is -8.08. The first-order valence-corrected chi connectivity index (χ1v) is 20.2. The average molecular weight is 770 g/mol. The van der Waals surface area contributed by atoms with Gasteiger partial charge in [0.1, 0.15) is 33.7 Å². The molecule has 0 amide bonds. The fourth-order valence-electron chi connectivity index (χ4n) is 9.06. The quantitative estimate of drug-likeness (QED) is 0.151. The van der Waals surface area contributed by atoms with E-state index < -0.39 is 0 Å². The number of hydrogen-bond donors (Lipinski definition) is 0. The summed E-state index contributed by atoms with van der Waals surface area (Å²) in [4.78, 5) is 2.35. The van der Waals surface area contributed by atoms with Gasteiger partial charge >= 0.3 is 0 Å². The lowest BCUT2D eigenvalue weighted by Crippen LogP contribution is -2.12. The Bertz CT molecular complexity index is 3690. The largest absolute Gasteiger partial charge is 0.456 e. The van der Waals surface area contributed by atoms with Gasteiger partial charge in [0.15, 0.2) is 0 Å². The normalized spacial score (nSPS) is 12.2. The first-order valence-electron chi connectivity index (χ1n) is 20.2. The lowest BCUT2D eigenvalue weighted by atomic mass is 9.97. The molecular formula is C56H35NO3. The van der Waals surface area contributed by atoms with Crippen LogP contribution >= 0.6 is 0 Å². The minimum absolute atomic E-state index is 0.768. The second-order valence-corrected chi connectivity index (χ2v) is 15.3. The molecule has 0 aliphatic carbocycles. The zero-order valence-corrected chi connectivity index (χ0v) is 32.4. The minimum atomic E-state index is 0.768. The number of benzene rings is 9. The molecule has 12 aromatic rings. The number of allylic oxidation sites excluding steroid dienone is 2. The van der Waals surface area contributed by atoms with Crippen molar-refractivity contribution in [2.24, 2.45) is 0 Å². The molecule has 0 unspecified atom stereocenters. The Kier molecular flexibility index (Phi) is 7.66. The highest BCUT2D eigenvalue weighted by Gasteiger charge is 2.25. The Balaban J connectivity index is 1.07. The van der Waals surface area contributed by atoms with Crippen LogP contribution in [0.15, 0.2) is 220 Å². The number of para-hydroxylation sites is 2. The van der Waals surface area contributed by atoms with E-state index in [1.165, 1.54) is 0 Å². The molecule has 4 heteroatoms. The Morgan fingerprint density at radius 2 is 1.08 bits per heavy atom. The Labute approximate surface area is 345 Å². The summed E-state index contributed by atoms with van der Waals surface area (Å²) in [5.74, 6) is 0.768. The summed E-state index contributed by atoms with van der Waals surface area (Å²) < 4.78 is 19.7. The van der Waals surface area contributed by atoms with Crippen molar-refractivity contribution < 1.29 is 13.3 Å². The highest BCUT2D eigenvalue weighted by molar-refractivity contribution is 6.20. The van der Waals surface area contributed by atoms with E-state index in [1.54, 1.807) is 0 Å². The highest BCUT2D eigenvalue weighted by atomic mass is 16.3. The van der Waals surface area contributed by atoms with Crippen LogP contribution in [-0.2, 0) is 0 Å². The zero-order chi connectivity index (χ0) is 39.7. The number of hydrogen-bond acceptors (Lipinski definition) is 4. The van der Waals surface area contributed by atoms with Crippen molar-refractivity contribution in [3.63, 3.8) is 0 Å². The molecule has 0 spiro atoms. The molecule has 3 aromatic heterocycles. The maximum atomic E-state index is 6.81. The number of anilines is 3. The van der Waals surface area contributed by atoms with Gasteiger partial charge in [0, 0.05) is 49.1 Å². The van der Waals surface area contributed by atoms with E-state index >= 15 is 0 Å². The molecule has 0 aliphatic rings. The van der Waals surface area contributed by atoms with Crippen LogP contribution in [0, 0.1) is 0 Å². The minimum Gasteiger partial charge on any atom is -0.456 e. The number of nitrogens with zero attached hydrogens (tertiary/aromatic N) is 1. The van der Waals surface area contributed by atoms with Gasteiger partial charge in [0.25, 0.3) is 0 Å². The summed E-state index contributed by atoms with van der Waals surface area (Å²) in [6, 6.07) is 66.0. The summed E-state index contributed by atoms with van der Waals surface area (Å²) in [7, 11) is 0. The third-order valence-electron chi connectivity index (χ3n) is 11.8. The van der Waals surface area contributed by atoms with Gasteiger partial charge in [0.05, 0.1) is 16.8 Å². The molecule has 0 bridgehead atoms. The van der Waals surface area contributed by atoms with E-state index in [0.29, 0.717) is 0 Å². The van der Waals surface area contributed by atoms with Crippen molar-refractivity contribution in [3.8, 4) is 11.1 Å². The van der Waals surface area contributed by atoms with Crippen LogP contribution in [0.25, 0.3) is 93.1 Å². The number of furan rings is 3. The molecule has 0 atom stereocenters.